The number of benzene rings is 2. The lowest BCUT2D eigenvalue weighted by Gasteiger charge is -2.07. The van der Waals surface area contributed by atoms with Gasteiger partial charge in [-0.3, -0.25) is 9.59 Å². The fourth-order valence-electron chi connectivity index (χ4n) is 2.48. The van der Waals surface area contributed by atoms with Gasteiger partial charge in [0.1, 0.15) is 5.69 Å². The van der Waals surface area contributed by atoms with Gasteiger partial charge in [0.2, 0.25) is 0 Å². The molecule has 0 unspecified atom stereocenters. The van der Waals surface area contributed by atoms with Gasteiger partial charge in [-0.25, -0.2) is 8.78 Å². The summed E-state index contributed by atoms with van der Waals surface area (Å²) >= 11 is 0. The average Bonchev–Trinajstić information content (AvgIpc) is 2.58. The third-order valence-electron chi connectivity index (χ3n) is 3.71. The fourth-order valence-corrected chi connectivity index (χ4v) is 2.48. The standard InChI is InChI=1S/C18H14F2N2O2/c19-14-7-3-5-11(16(14)20)8-9-21-18(24)15-10-12-4-1-2-6-13(12)17(23)22-15/h1-7,10H,8-9H2,(H,21,24)(H,22,23). The van der Waals surface area contributed by atoms with Gasteiger partial charge in [0, 0.05) is 11.9 Å². The van der Waals surface area contributed by atoms with Crippen molar-refractivity contribution in [3.05, 3.63) is 81.8 Å². The van der Waals surface area contributed by atoms with Crippen LogP contribution in [0.4, 0.5) is 8.78 Å². The SMILES string of the molecule is O=C(NCCc1cccc(F)c1F)c1cc2ccccc2c(=O)[nH]1. The van der Waals surface area contributed by atoms with Crippen LogP contribution in [0.15, 0.2) is 53.3 Å². The molecule has 1 amide bonds. The number of halogens is 2. The largest absolute Gasteiger partial charge is 0.350 e. The molecule has 1 aromatic heterocycles. The minimum absolute atomic E-state index is 0.119. The minimum atomic E-state index is -0.919. The number of carbonyl (C=O) groups excluding carboxylic acids is 1. The Bertz CT molecular complexity index is 967. The van der Waals surface area contributed by atoms with Crippen molar-refractivity contribution < 1.29 is 13.6 Å². The van der Waals surface area contributed by atoms with Crippen LogP contribution in [0.2, 0.25) is 0 Å². The third kappa shape index (κ3) is 3.17. The number of H-pyrrole nitrogens is 1. The highest BCUT2D eigenvalue weighted by Gasteiger charge is 2.11. The summed E-state index contributed by atoms with van der Waals surface area (Å²) in [6, 6.07) is 12.4. The molecule has 6 heteroatoms. The fraction of sp³-hybridized carbons (Fsp3) is 0.111. The zero-order valence-electron chi connectivity index (χ0n) is 12.6. The normalized spacial score (nSPS) is 10.8. The Hall–Kier alpha value is -3.02. The first-order valence-corrected chi connectivity index (χ1v) is 7.39. The van der Waals surface area contributed by atoms with Gasteiger partial charge in [0.15, 0.2) is 11.6 Å². The Morgan fingerprint density at radius 1 is 1.08 bits per heavy atom. The summed E-state index contributed by atoms with van der Waals surface area (Å²) in [7, 11) is 0. The van der Waals surface area contributed by atoms with Gasteiger partial charge in [0.25, 0.3) is 11.5 Å². The number of fused-ring (bicyclic) bond motifs is 1. The minimum Gasteiger partial charge on any atom is -0.350 e. The van der Waals surface area contributed by atoms with Crippen LogP contribution in [0, 0.1) is 11.6 Å². The molecule has 0 fully saturated rings. The third-order valence-corrected chi connectivity index (χ3v) is 3.71. The Kier molecular flexibility index (Phi) is 4.37. The van der Waals surface area contributed by atoms with Gasteiger partial charge in [-0.05, 0) is 35.6 Å². The van der Waals surface area contributed by atoms with Crippen molar-refractivity contribution in [3.63, 3.8) is 0 Å². The van der Waals surface area contributed by atoms with Crippen LogP contribution in [0.3, 0.4) is 0 Å². The summed E-state index contributed by atoms with van der Waals surface area (Å²) in [4.78, 5) is 26.6. The molecule has 2 aromatic carbocycles. The second-order valence-corrected chi connectivity index (χ2v) is 5.32. The van der Waals surface area contributed by atoms with Crippen LogP contribution in [0.5, 0.6) is 0 Å². The van der Waals surface area contributed by atoms with Crippen LogP contribution in [0.25, 0.3) is 10.8 Å². The molecule has 0 aliphatic rings. The second kappa shape index (κ2) is 6.62. The maximum absolute atomic E-state index is 13.5. The molecule has 0 aliphatic heterocycles. The predicted molar refractivity (Wildman–Crippen MR) is 87.0 cm³/mol. The van der Waals surface area contributed by atoms with Crippen molar-refractivity contribution in [1.82, 2.24) is 10.3 Å². The Morgan fingerprint density at radius 3 is 2.71 bits per heavy atom. The molecule has 0 saturated carbocycles. The maximum Gasteiger partial charge on any atom is 0.267 e. The molecular weight excluding hydrogens is 314 g/mol. The van der Waals surface area contributed by atoms with E-state index in [9.17, 15) is 18.4 Å². The molecule has 0 radical (unpaired) electrons. The number of nitrogens with one attached hydrogen (secondary N) is 2. The second-order valence-electron chi connectivity index (χ2n) is 5.32. The first-order chi connectivity index (χ1) is 11.6. The Labute approximate surface area is 136 Å². The molecule has 122 valence electrons. The van der Waals surface area contributed by atoms with E-state index in [1.165, 1.54) is 12.1 Å². The summed E-state index contributed by atoms with van der Waals surface area (Å²) in [5, 5.41) is 3.74. The van der Waals surface area contributed by atoms with E-state index in [1.54, 1.807) is 30.3 Å². The zero-order valence-corrected chi connectivity index (χ0v) is 12.6. The first kappa shape index (κ1) is 15.9. The van der Waals surface area contributed by atoms with Crippen LogP contribution in [0.1, 0.15) is 16.1 Å². The molecule has 0 saturated heterocycles. The van der Waals surface area contributed by atoms with Crippen LogP contribution >= 0.6 is 0 Å². The van der Waals surface area contributed by atoms with Crippen LogP contribution < -0.4 is 10.9 Å². The summed E-state index contributed by atoms with van der Waals surface area (Å²) in [6.07, 6.45) is 0.146. The Morgan fingerprint density at radius 2 is 1.88 bits per heavy atom. The molecule has 3 rings (SSSR count). The molecule has 0 aliphatic carbocycles. The van der Waals surface area contributed by atoms with E-state index >= 15 is 0 Å². The summed E-state index contributed by atoms with van der Waals surface area (Å²) in [5.74, 6) is -2.31. The molecular formula is C18H14F2N2O2. The van der Waals surface area contributed by atoms with Gasteiger partial charge in [-0.15, -0.1) is 0 Å². The molecule has 2 N–H and O–H groups in total. The topological polar surface area (TPSA) is 62.0 Å². The van der Waals surface area contributed by atoms with Crippen molar-refractivity contribution >= 4 is 16.7 Å². The van der Waals surface area contributed by atoms with E-state index in [0.717, 1.165) is 6.07 Å². The van der Waals surface area contributed by atoms with Gasteiger partial charge >= 0.3 is 0 Å². The quantitative estimate of drug-likeness (QED) is 0.773. The molecule has 3 aromatic rings. The van der Waals surface area contributed by atoms with Gasteiger partial charge in [0.05, 0.1) is 0 Å². The monoisotopic (exact) mass is 328 g/mol. The highest BCUT2D eigenvalue weighted by atomic mass is 19.2. The molecule has 1 heterocycles. The number of hydrogen-bond donors (Lipinski definition) is 2. The summed E-state index contributed by atoms with van der Waals surface area (Å²) in [6.45, 7) is 0.119. The van der Waals surface area contributed by atoms with E-state index in [1.807, 2.05) is 0 Å². The first-order valence-electron chi connectivity index (χ1n) is 7.39. The Balaban J connectivity index is 1.71. The van der Waals surface area contributed by atoms with E-state index in [0.29, 0.717) is 10.8 Å². The number of aromatic nitrogens is 1. The summed E-state index contributed by atoms with van der Waals surface area (Å²) < 4.78 is 26.7. The van der Waals surface area contributed by atoms with Gasteiger partial charge in [-0.2, -0.15) is 0 Å². The molecule has 4 nitrogen and oxygen atoms in total. The predicted octanol–water partition coefficient (Wildman–Crippen LogP) is 2.78. The maximum atomic E-state index is 13.5. The van der Waals surface area contributed by atoms with Gasteiger partial charge < -0.3 is 10.3 Å². The van der Waals surface area contributed by atoms with Crippen LogP contribution in [-0.4, -0.2) is 17.4 Å². The van der Waals surface area contributed by atoms with Crippen molar-refractivity contribution in [1.29, 1.82) is 0 Å². The van der Waals surface area contributed by atoms with E-state index < -0.39 is 17.5 Å². The van der Waals surface area contributed by atoms with Crippen molar-refractivity contribution in [2.24, 2.45) is 0 Å². The molecule has 0 atom stereocenters. The number of amides is 1. The molecule has 0 bridgehead atoms. The number of hydrogen-bond acceptors (Lipinski definition) is 2. The van der Waals surface area contributed by atoms with Crippen LogP contribution in [-0.2, 0) is 6.42 Å². The number of aromatic amines is 1. The lowest BCUT2D eigenvalue weighted by molar-refractivity contribution is 0.0949. The van der Waals surface area contributed by atoms with E-state index in [2.05, 4.69) is 10.3 Å². The van der Waals surface area contributed by atoms with Gasteiger partial charge in [-0.1, -0.05) is 30.3 Å². The number of carbonyl (C=O) groups is 1. The molecule has 24 heavy (non-hydrogen) atoms. The number of rotatable bonds is 4. The lowest BCUT2D eigenvalue weighted by atomic mass is 10.1. The molecule has 0 spiro atoms. The van der Waals surface area contributed by atoms with Crippen molar-refractivity contribution in [2.45, 2.75) is 6.42 Å². The summed E-state index contributed by atoms with van der Waals surface area (Å²) in [5.41, 5.74) is -0.0462. The smallest absolute Gasteiger partial charge is 0.267 e. The van der Waals surface area contributed by atoms with E-state index in [4.69, 9.17) is 0 Å². The average molecular weight is 328 g/mol. The van der Waals surface area contributed by atoms with E-state index in [-0.39, 0.29) is 29.8 Å². The van der Waals surface area contributed by atoms with Crippen molar-refractivity contribution in [2.75, 3.05) is 6.54 Å². The van der Waals surface area contributed by atoms with Crippen molar-refractivity contribution in [3.8, 4) is 0 Å². The lowest BCUT2D eigenvalue weighted by Crippen LogP contribution is -2.28. The zero-order chi connectivity index (χ0) is 17.1. The highest BCUT2D eigenvalue weighted by molar-refractivity contribution is 5.96. The highest BCUT2D eigenvalue weighted by Crippen LogP contribution is 2.12. The number of pyridine rings is 1.